The van der Waals surface area contributed by atoms with Gasteiger partial charge in [0.1, 0.15) is 11.1 Å². The predicted molar refractivity (Wildman–Crippen MR) is 114 cm³/mol. The number of pyridine rings is 1. The number of anilines is 1. The molecule has 156 valence electrons. The zero-order valence-corrected chi connectivity index (χ0v) is 17.7. The van der Waals surface area contributed by atoms with Crippen molar-refractivity contribution < 1.29 is 17.6 Å². The molecule has 6 nitrogen and oxygen atoms in total. The van der Waals surface area contributed by atoms with E-state index in [0.717, 1.165) is 12.1 Å². The van der Waals surface area contributed by atoms with Gasteiger partial charge in [-0.1, -0.05) is 29.3 Å². The van der Waals surface area contributed by atoms with Crippen LogP contribution >= 0.6 is 23.2 Å². The third-order valence-electron chi connectivity index (χ3n) is 4.20. The summed E-state index contributed by atoms with van der Waals surface area (Å²) in [6.45, 7) is -0.238. The summed E-state index contributed by atoms with van der Waals surface area (Å²) >= 11 is 11.8. The van der Waals surface area contributed by atoms with Crippen LogP contribution in [-0.4, -0.2) is 26.0 Å². The average Bonchev–Trinajstić information content (AvgIpc) is 2.72. The van der Waals surface area contributed by atoms with E-state index in [1.54, 1.807) is 18.2 Å². The monoisotopic (exact) mass is 467 g/mol. The molecule has 1 unspecified atom stereocenters. The van der Waals surface area contributed by atoms with Gasteiger partial charge in [0.2, 0.25) is 0 Å². The number of hydrogen-bond acceptors (Lipinski definition) is 4. The topological polar surface area (TPSA) is 88.2 Å². The van der Waals surface area contributed by atoms with Gasteiger partial charge in [0, 0.05) is 24.6 Å². The smallest absolute Gasteiger partial charge is 0.319 e. The molecule has 3 aromatic rings. The lowest BCUT2D eigenvalue weighted by atomic mass is 10.2. The van der Waals surface area contributed by atoms with Gasteiger partial charge in [-0.25, -0.2) is 17.6 Å². The van der Waals surface area contributed by atoms with Crippen LogP contribution in [0.4, 0.5) is 14.9 Å². The van der Waals surface area contributed by atoms with E-state index < -0.39 is 26.9 Å². The molecule has 1 atom stereocenters. The number of carbonyl (C=O) groups is 1. The Kier molecular flexibility index (Phi) is 6.91. The first-order chi connectivity index (χ1) is 14.3. The number of halogens is 3. The Morgan fingerprint density at radius 2 is 1.80 bits per heavy atom. The molecule has 2 aromatic carbocycles. The van der Waals surface area contributed by atoms with Crippen molar-refractivity contribution in [3.05, 3.63) is 88.4 Å². The van der Waals surface area contributed by atoms with E-state index in [1.165, 1.54) is 36.7 Å². The van der Waals surface area contributed by atoms with Crippen LogP contribution in [0.1, 0.15) is 10.8 Å². The van der Waals surface area contributed by atoms with E-state index in [-0.39, 0.29) is 16.5 Å². The van der Waals surface area contributed by atoms with Crippen LogP contribution in [0.25, 0.3) is 0 Å². The molecule has 3 rings (SSSR count). The number of rotatable bonds is 6. The molecule has 0 fully saturated rings. The Balaban J connectivity index is 1.80. The quantitative estimate of drug-likeness (QED) is 0.506. The zero-order chi connectivity index (χ0) is 21.7. The number of nitrogens with zero attached hydrogens (tertiary/aromatic N) is 1. The van der Waals surface area contributed by atoms with Gasteiger partial charge in [-0.15, -0.1) is 0 Å². The molecule has 0 spiro atoms. The minimum Gasteiger partial charge on any atom is -0.336 e. The van der Waals surface area contributed by atoms with Crippen molar-refractivity contribution in [2.24, 2.45) is 0 Å². The van der Waals surface area contributed by atoms with Crippen LogP contribution in [0.5, 0.6) is 0 Å². The molecule has 0 saturated heterocycles. The number of urea groups is 1. The minimum atomic E-state index is -3.94. The molecule has 0 aliphatic heterocycles. The Morgan fingerprint density at radius 3 is 2.43 bits per heavy atom. The van der Waals surface area contributed by atoms with E-state index in [2.05, 4.69) is 15.6 Å². The summed E-state index contributed by atoms with van der Waals surface area (Å²) in [5.74, 6) is -0.550. The third-order valence-corrected chi connectivity index (χ3v) is 7.05. The first kappa shape index (κ1) is 22.0. The van der Waals surface area contributed by atoms with Crippen molar-refractivity contribution in [2.45, 2.75) is 10.1 Å². The van der Waals surface area contributed by atoms with Gasteiger partial charge < -0.3 is 10.6 Å². The fourth-order valence-corrected chi connectivity index (χ4v) is 4.64. The highest BCUT2D eigenvalue weighted by Gasteiger charge is 2.30. The fraction of sp³-hybridized carbons (Fsp3) is 0.100. The second kappa shape index (κ2) is 9.42. The number of aromatic nitrogens is 1. The molecule has 0 radical (unpaired) electrons. The molecule has 0 aliphatic rings. The van der Waals surface area contributed by atoms with Gasteiger partial charge in [-0.3, -0.25) is 4.98 Å². The molecule has 0 bridgehead atoms. The number of sulfone groups is 1. The summed E-state index contributed by atoms with van der Waals surface area (Å²) in [7, 11) is -3.94. The van der Waals surface area contributed by atoms with Crippen molar-refractivity contribution in [1.29, 1.82) is 0 Å². The van der Waals surface area contributed by atoms with E-state index in [9.17, 15) is 17.6 Å². The standard InChI is InChI=1S/C20H16Cl2FN3O3S/c21-17-8-5-15(10-18(17)22)26-20(27)25-12-19(13-2-1-9-24-11-13)30(28,29)16-6-3-14(23)4-7-16/h1-11,19H,12H2,(H2,25,26,27). The van der Waals surface area contributed by atoms with E-state index in [4.69, 9.17) is 23.2 Å². The molecule has 30 heavy (non-hydrogen) atoms. The van der Waals surface area contributed by atoms with E-state index in [1.807, 2.05) is 0 Å². The van der Waals surface area contributed by atoms with E-state index in [0.29, 0.717) is 16.3 Å². The Labute approximate surface area is 183 Å². The van der Waals surface area contributed by atoms with Crippen LogP contribution in [0.2, 0.25) is 10.0 Å². The maximum Gasteiger partial charge on any atom is 0.319 e. The van der Waals surface area contributed by atoms with Crippen LogP contribution in [0.3, 0.4) is 0 Å². The van der Waals surface area contributed by atoms with Gasteiger partial charge in [0.15, 0.2) is 9.84 Å². The highest BCUT2D eigenvalue weighted by Crippen LogP contribution is 2.28. The fourth-order valence-electron chi connectivity index (χ4n) is 2.70. The summed E-state index contributed by atoms with van der Waals surface area (Å²) in [6.07, 6.45) is 2.92. The molecule has 2 N–H and O–H groups in total. The zero-order valence-electron chi connectivity index (χ0n) is 15.3. The Hall–Kier alpha value is -2.68. The van der Waals surface area contributed by atoms with Crippen molar-refractivity contribution in [1.82, 2.24) is 10.3 Å². The van der Waals surface area contributed by atoms with Crippen molar-refractivity contribution in [3.8, 4) is 0 Å². The maximum absolute atomic E-state index is 13.2. The molecule has 1 heterocycles. The molecular formula is C20H16Cl2FN3O3S. The molecule has 0 saturated carbocycles. The number of hydrogen-bond donors (Lipinski definition) is 2. The maximum atomic E-state index is 13.2. The van der Waals surface area contributed by atoms with Gasteiger partial charge >= 0.3 is 6.03 Å². The Morgan fingerprint density at radius 1 is 1.07 bits per heavy atom. The Bertz CT molecular complexity index is 1140. The molecular weight excluding hydrogens is 452 g/mol. The normalized spacial score (nSPS) is 12.2. The third kappa shape index (κ3) is 5.27. The summed E-state index contributed by atoms with van der Waals surface area (Å²) < 4.78 is 39.5. The van der Waals surface area contributed by atoms with Gasteiger partial charge in [0.25, 0.3) is 0 Å². The minimum absolute atomic E-state index is 0.0653. The van der Waals surface area contributed by atoms with Crippen LogP contribution in [0.15, 0.2) is 71.9 Å². The highest BCUT2D eigenvalue weighted by molar-refractivity contribution is 7.91. The summed E-state index contributed by atoms with van der Waals surface area (Å²) in [5, 5.41) is 4.58. The summed E-state index contributed by atoms with van der Waals surface area (Å²) in [4.78, 5) is 16.2. The second-order valence-corrected chi connectivity index (χ2v) is 9.18. The molecule has 10 heteroatoms. The first-order valence-electron chi connectivity index (χ1n) is 8.66. The number of benzene rings is 2. The average molecular weight is 468 g/mol. The van der Waals surface area contributed by atoms with Crippen molar-refractivity contribution >= 4 is 44.8 Å². The highest BCUT2D eigenvalue weighted by atomic mass is 35.5. The number of carbonyl (C=O) groups excluding carboxylic acids is 1. The van der Waals surface area contributed by atoms with Crippen LogP contribution in [0, 0.1) is 5.82 Å². The van der Waals surface area contributed by atoms with Crippen LogP contribution < -0.4 is 10.6 Å². The summed E-state index contributed by atoms with van der Waals surface area (Å²) in [6, 6.07) is 11.6. The molecule has 1 aromatic heterocycles. The largest absolute Gasteiger partial charge is 0.336 e. The lowest BCUT2D eigenvalue weighted by Crippen LogP contribution is -2.35. The SMILES string of the molecule is O=C(NCC(c1cccnc1)S(=O)(=O)c1ccc(F)cc1)Nc1ccc(Cl)c(Cl)c1. The van der Waals surface area contributed by atoms with E-state index >= 15 is 0 Å². The predicted octanol–water partition coefficient (Wildman–Crippen LogP) is 4.86. The number of amides is 2. The van der Waals surface area contributed by atoms with Crippen LogP contribution in [-0.2, 0) is 9.84 Å². The van der Waals surface area contributed by atoms with Crippen molar-refractivity contribution in [2.75, 3.05) is 11.9 Å². The summed E-state index contributed by atoms with van der Waals surface area (Å²) in [5.41, 5.74) is 0.776. The van der Waals surface area contributed by atoms with Crippen molar-refractivity contribution in [3.63, 3.8) is 0 Å². The second-order valence-electron chi connectivity index (χ2n) is 6.24. The lowest BCUT2D eigenvalue weighted by Gasteiger charge is -2.19. The van der Waals surface area contributed by atoms with Gasteiger partial charge in [0.05, 0.1) is 14.9 Å². The van der Waals surface area contributed by atoms with Gasteiger partial charge in [-0.2, -0.15) is 0 Å². The first-order valence-corrected chi connectivity index (χ1v) is 11.0. The van der Waals surface area contributed by atoms with Gasteiger partial charge in [-0.05, 0) is 54.1 Å². The lowest BCUT2D eigenvalue weighted by molar-refractivity contribution is 0.252. The molecule has 0 aliphatic carbocycles. The molecule has 2 amide bonds. The number of nitrogens with one attached hydrogen (secondary N) is 2.